The van der Waals surface area contributed by atoms with Crippen molar-refractivity contribution in [2.24, 2.45) is 10.7 Å². The van der Waals surface area contributed by atoms with Gasteiger partial charge in [0.2, 0.25) is 0 Å². The Labute approximate surface area is 187 Å². The third-order valence-corrected chi connectivity index (χ3v) is 5.98. The fraction of sp³-hybridized carbons (Fsp3) is 0.391. The van der Waals surface area contributed by atoms with Gasteiger partial charge in [-0.2, -0.15) is 0 Å². The Hall–Kier alpha value is -3.30. The van der Waals surface area contributed by atoms with Gasteiger partial charge in [-0.15, -0.1) is 0 Å². The number of anilines is 2. The summed E-state index contributed by atoms with van der Waals surface area (Å²) in [6, 6.07) is 12.0. The van der Waals surface area contributed by atoms with Crippen molar-refractivity contribution in [2.45, 2.75) is 19.1 Å². The number of amidine groups is 1. The first-order valence-corrected chi connectivity index (χ1v) is 10.9. The highest BCUT2D eigenvalue weighted by molar-refractivity contribution is 6.02. The quantitative estimate of drug-likeness (QED) is 0.561. The number of hydrogen-bond acceptors (Lipinski definition) is 9. The number of rotatable bonds is 5. The molecule has 3 aliphatic rings. The number of pyridine rings is 1. The molecule has 0 radical (unpaired) electrons. The Balaban J connectivity index is 1.48. The number of aryl methyl sites for hydroxylation is 1. The Morgan fingerprint density at radius 2 is 2.03 bits per heavy atom. The van der Waals surface area contributed by atoms with E-state index in [9.17, 15) is 0 Å². The van der Waals surface area contributed by atoms with Crippen LogP contribution in [0.25, 0.3) is 0 Å². The minimum absolute atomic E-state index is 0.701. The monoisotopic (exact) mass is 435 g/mol. The summed E-state index contributed by atoms with van der Waals surface area (Å²) in [4.78, 5) is 11.5. The first-order chi connectivity index (χ1) is 15.6. The minimum atomic E-state index is -1.10. The summed E-state index contributed by atoms with van der Waals surface area (Å²) in [5.74, 6) is 1.95. The van der Waals surface area contributed by atoms with Crippen molar-refractivity contribution in [1.29, 1.82) is 0 Å². The minimum Gasteiger partial charge on any atom is -0.496 e. The van der Waals surface area contributed by atoms with Crippen LogP contribution in [-0.4, -0.2) is 50.8 Å². The average molecular weight is 436 g/mol. The molecule has 32 heavy (non-hydrogen) atoms. The predicted octanol–water partition coefficient (Wildman–Crippen LogP) is 1.62. The molecule has 3 aliphatic heterocycles. The van der Waals surface area contributed by atoms with Crippen molar-refractivity contribution >= 4 is 17.3 Å². The number of aromatic nitrogens is 1. The molecule has 5 rings (SSSR count). The molecule has 1 unspecified atom stereocenters. The van der Waals surface area contributed by atoms with Gasteiger partial charge in [-0.1, -0.05) is 6.07 Å². The van der Waals surface area contributed by atoms with E-state index in [1.165, 1.54) is 0 Å². The van der Waals surface area contributed by atoms with E-state index in [-0.39, 0.29) is 0 Å². The fourth-order valence-corrected chi connectivity index (χ4v) is 4.35. The number of ether oxygens (including phenoxy) is 2. The van der Waals surface area contributed by atoms with Crippen molar-refractivity contribution in [2.75, 3.05) is 50.2 Å². The number of hydrogen-bond donors (Lipinski definition) is 4. The molecule has 1 fully saturated rings. The molecule has 9 nitrogen and oxygen atoms in total. The average Bonchev–Trinajstić information content (AvgIpc) is 3.28. The third kappa shape index (κ3) is 3.85. The van der Waals surface area contributed by atoms with E-state index < -0.39 is 5.79 Å². The van der Waals surface area contributed by atoms with E-state index in [1.54, 1.807) is 7.11 Å². The molecule has 1 aromatic carbocycles. The first-order valence-electron chi connectivity index (χ1n) is 10.9. The van der Waals surface area contributed by atoms with Crippen molar-refractivity contribution in [1.82, 2.24) is 15.6 Å². The van der Waals surface area contributed by atoms with Gasteiger partial charge < -0.3 is 30.3 Å². The molecule has 1 aromatic heterocycles. The van der Waals surface area contributed by atoms with Gasteiger partial charge in [0.05, 0.1) is 25.9 Å². The maximum absolute atomic E-state index is 6.90. The van der Waals surface area contributed by atoms with Crippen molar-refractivity contribution in [3.63, 3.8) is 0 Å². The van der Waals surface area contributed by atoms with Crippen LogP contribution in [-0.2, 0) is 10.5 Å². The molecule has 0 amide bonds. The molecular weight excluding hydrogens is 406 g/mol. The topological polar surface area (TPSA) is 109 Å². The van der Waals surface area contributed by atoms with Crippen LogP contribution in [0.5, 0.6) is 5.75 Å². The number of nitrogens with two attached hydrogens (primary N) is 1. The van der Waals surface area contributed by atoms with Crippen LogP contribution in [0.2, 0.25) is 0 Å². The van der Waals surface area contributed by atoms with Gasteiger partial charge in [0, 0.05) is 42.7 Å². The largest absolute Gasteiger partial charge is 0.496 e. The van der Waals surface area contributed by atoms with E-state index in [1.807, 2.05) is 37.3 Å². The normalized spacial score (nSPS) is 22.6. The van der Waals surface area contributed by atoms with E-state index in [2.05, 4.69) is 36.9 Å². The molecule has 5 N–H and O–H groups in total. The summed E-state index contributed by atoms with van der Waals surface area (Å²) < 4.78 is 11.2. The van der Waals surface area contributed by atoms with Gasteiger partial charge in [-0.3, -0.25) is 10.7 Å². The lowest BCUT2D eigenvalue weighted by atomic mass is 10.0. The number of aliphatic imine (C=N–C) groups is 1. The second kappa shape index (κ2) is 8.33. The van der Waals surface area contributed by atoms with E-state index in [4.69, 9.17) is 15.2 Å². The fourth-order valence-electron chi connectivity index (χ4n) is 4.35. The van der Waals surface area contributed by atoms with Gasteiger partial charge in [-0.05, 0) is 37.6 Å². The van der Waals surface area contributed by atoms with Crippen LogP contribution in [0.1, 0.15) is 17.7 Å². The molecule has 0 aliphatic carbocycles. The molecule has 1 atom stereocenters. The summed E-state index contributed by atoms with van der Waals surface area (Å²) in [5.41, 5.74) is 10.8. The highest BCUT2D eigenvalue weighted by Crippen LogP contribution is 2.34. The summed E-state index contributed by atoms with van der Waals surface area (Å²) in [6.45, 7) is 5.84. The first kappa shape index (κ1) is 20.6. The van der Waals surface area contributed by atoms with Crippen LogP contribution in [0.15, 0.2) is 52.8 Å². The SMILES string of the molecule is COc1cc(N2CCOCC2)ccc1C1(N)NC2=NCCC2=C(Nc2cccc(C)n2)N1. The molecule has 168 valence electrons. The Bertz CT molecular complexity index is 1080. The molecule has 0 saturated carbocycles. The zero-order valence-corrected chi connectivity index (χ0v) is 18.4. The summed E-state index contributed by atoms with van der Waals surface area (Å²) in [6.07, 6.45) is 0.826. The lowest BCUT2D eigenvalue weighted by molar-refractivity contribution is 0.122. The molecule has 0 bridgehead atoms. The number of nitrogens with one attached hydrogen (secondary N) is 3. The summed E-state index contributed by atoms with van der Waals surface area (Å²) in [7, 11) is 1.66. The number of morpholine rings is 1. The van der Waals surface area contributed by atoms with Crippen molar-refractivity contribution in [3.05, 3.63) is 59.0 Å². The van der Waals surface area contributed by atoms with Gasteiger partial charge in [-0.25, -0.2) is 4.98 Å². The highest BCUT2D eigenvalue weighted by Gasteiger charge is 2.39. The molecule has 9 heteroatoms. The molecular formula is C23H29N7O2. The third-order valence-electron chi connectivity index (χ3n) is 5.98. The van der Waals surface area contributed by atoms with Crippen LogP contribution in [0.3, 0.4) is 0 Å². The van der Waals surface area contributed by atoms with Gasteiger partial charge in [0.15, 0.2) is 5.79 Å². The van der Waals surface area contributed by atoms with Gasteiger partial charge >= 0.3 is 0 Å². The number of nitrogens with zero attached hydrogens (tertiary/aromatic N) is 3. The smallest absolute Gasteiger partial charge is 0.195 e. The maximum Gasteiger partial charge on any atom is 0.195 e. The second-order valence-electron chi connectivity index (χ2n) is 8.17. The predicted molar refractivity (Wildman–Crippen MR) is 125 cm³/mol. The molecule has 1 saturated heterocycles. The zero-order valence-electron chi connectivity index (χ0n) is 18.4. The molecule has 0 spiro atoms. The Morgan fingerprint density at radius 1 is 1.19 bits per heavy atom. The maximum atomic E-state index is 6.90. The summed E-state index contributed by atoms with van der Waals surface area (Å²) in [5, 5.41) is 10.3. The Morgan fingerprint density at radius 3 is 2.81 bits per heavy atom. The van der Waals surface area contributed by atoms with Gasteiger partial charge in [0.1, 0.15) is 23.2 Å². The second-order valence-corrected chi connectivity index (χ2v) is 8.17. The zero-order chi connectivity index (χ0) is 22.1. The van der Waals surface area contributed by atoms with E-state index in [0.29, 0.717) is 5.75 Å². The Kier molecular flexibility index (Phi) is 5.36. The number of benzene rings is 1. The van der Waals surface area contributed by atoms with Crippen LogP contribution in [0, 0.1) is 6.92 Å². The van der Waals surface area contributed by atoms with Crippen molar-refractivity contribution in [3.8, 4) is 5.75 Å². The lowest BCUT2D eigenvalue weighted by Gasteiger charge is -2.40. The van der Waals surface area contributed by atoms with Crippen molar-refractivity contribution < 1.29 is 9.47 Å². The van der Waals surface area contributed by atoms with E-state index >= 15 is 0 Å². The molecule has 2 aromatic rings. The lowest BCUT2D eigenvalue weighted by Crippen LogP contribution is -2.66. The standard InChI is InChI=1S/C23H29N7O2/c1-15-4-3-5-20(26-15)27-22-17-8-9-25-21(17)28-23(24,29-22)18-7-6-16(14-19(18)31-2)30-10-12-32-13-11-30/h3-7,14,29H,8-13,24H2,1-2H3,(H,25,28)(H,26,27). The van der Waals surface area contributed by atoms with Gasteiger partial charge in [0.25, 0.3) is 0 Å². The highest BCUT2D eigenvalue weighted by atomic mass is 16.5. The van der Waals surface area contributed by atoms with E-state index in [0.717, 1.165) is 79.3 Å². The number of fused-ring (bicyclic) bond motifs is 1. The van der Waals surface area contributed by atoms with Crippen LogP contribution in [0.4, 0.5) is 11.5 Å². The van der Waals surface area contributed by atoms with Crippen LogP contribution >= 0.6 is 0 Å². The molecule has 4 heterocycles. The summed E-state index contributed by atoms with van der Waals surface area (Å²) >= 11 is 0. The number of methoxy groups -OCH3 is 1. The van der Waals surface area contributed by atoms with Crippen LogP contribution < -0.4 is 31.3 Å².